The van der Waals surface area contributed by atoms with Crippen LogP contribution in [0.15, 0.2) is 72.6 Å². The number of pyridine rings is 1. The number of carbonyl (C=O) groups excluding carboxylic acids is 2. The molecule has 0 bridgehead atoms. The fourth-order valence-corrected chi connectivity index (χ4v) is 4.79. The van der Waals surface area contributed by atoms with E-state index in [1.165, 1.54) is 4.90 Å². The van der Waals surface area contributed by atoms with Gasteiger partial charge in [0.05, 0.1) is 18.2 Å². The number of rotatable bonds is 7. The van der Waals surface area contributed by atoms with Crippen molar-refractivity contribution < 1.29 is 24.2 Å². The van der Waals surface area contributed by atoms with Gasteiger partial charge in [0.1, 0.15) is 23.4 Å². The predicted molar refractivity (Wildman–Crippen MR) is 135 cm³/mol. The van der Waals surface area contributed by atoms with Crippen LogP contribution in [0.5, 0.6) is 11.5 Å². The van der Waals surface area contributed by atoms with Crippen LogP contribution in [0.2, 0.25) is 0 Å². The van der Waals surface area contributed by atoms with Crippen molar-refractivity contribution >= 4 is 17.4 Å². The monoisotopic (exact) mass is 484 g/mol. The minimum atomic E-state index is -0.772. The summed E-state index contributed by atoms with van der Waals surface area (Å²) in [5, 5.41) is 11.4. The van der Waals surface area contributed by atoms with Crippen LogP contribution in [0.4, 0.5) is 0 Å². The van der Waals surface area contributed by atoms with Crippen molar-refractivity contribution in [1.29, 1.82) is 0 Å². The van der Waals surface area contributed by atoms with Gasteiger partial charge < -0.3 is 19.5 Å². The highest BCUT2D eigenvalue weighted by molar-refractivity contribution is 6.46. The van der Waals surface area contributed by atoms with Gasteiger partial charge >= 0.3 is 0 Å². The third kappa shape index (κ3) is 4.44. The second-order valence-electron chi connectivity index (χ2n) is 9.16. The van der Waals surface area contributed by atoms with Gasteiger partial charge in [0, 0.05) is 30.9 Å². The highest BCUT2D eigenvalue weighted by Gasteiger charge is 2.46. The van der Waals surface area contributed by atoms with Gasteiger partial charge in [-0.05, 0) is 72.5 Å². The van der Waals surface area contributed by atoms with Crippen molar-refractivity contribution in [1.82, 2.24) is 9.88 Å². The molecule has 2 unspecified atom stereocenters. The molecule has 2 aromatic carbocycles. The Kier molecular flexibility index (Phi) is 6.46. The standard InChI is InChI=1S/C29H28N2O5/c1-3-13-35-23-6-4-5-20(16-23)26-25(27(32)21-7-8-24-22(15-21)14-18(2)36-24)28(33)29(34)31(26)17-19-9-11-30-12-10-19/h4-12,15-16,18,26,32H,3,13-14,17H2,1-2H3/b27-25-. The lowest BCUT2D eigenvalue weighted by molar-refractivity contribution is -0.140. The predicted octanol–water partition coefficient (Wildman–Crippen LogP) is 4.82. The van der Waals surface area contributed by atoms with E-state index in [9.17, 15) is 14.7 Å². The molecule has 3 aromatic rings. The molecule has 1 N–H and O–H groups in total. The van der Waals surface area contributed by atoms with E-state index in [0.29, 0.717) is 29.9 Å². The molecule has 3 heterocycles. The molecule has 0 spiro atoms. The minimum Gasteiger partial charge on any atom is -0.507 e. The zero-order chi connectivity index (χ0) is 25.2. The van der Waals surface area contributed by atoms with Gasteiger partial charge in [0.25, 0.3) is 11.7 Å². The van der Waals surface area contributed by atoms with Crippen LogP contribution >= 0.6 is 0 Å². The lowest BCUT2D eigenvalue weighted by atomic mass is 9.94. The average Bonchev–Trinajstić information content (AvgIpc) is 3.39. The van der Waals surface area contributed by atoms with E-state index in [1.807, 2.05) is 44.2 Å². The highest BCUT2D eigenvalue weighted by Crippen LogP contribution is 2.42. The largest absolute Gasteiger partial charge is 0.507 e. The summed E-state index contributed by atoms with van der Waals surface area (Å²) in [4.78, 5) is 32.2. The molecule has 184 valence electrons. The number of ether oxygens (including phenoxy) is 2. The first-order chi connectivity index (χ1) is 17.5. The molecule has 2 aliphatic rings. The van der Waals surface area contributed by atoms with Gasteiger partial charge in [-0.3, -0.25) is 14.6 Å². The number of amides is 1. The van der Waals surface area contributed by atoms with Crippen molar-refractivity contribution in [2.45, 2.75) is 45.4 Å². The van der Waals surface area contributed by atoms with Crippen LogP contribution in [0.1, 0.15) is 48.6 Å². The minimum absolute atomic E-state index is 0.0502. The smallest absolute Gasteiger partial charge is 0.295 e. The molecule has 36 heavy (non-hydrogen) atoms. The van der Waals surface area contributed by atoms with Crippen LogP contribution in [0, 0.1) is 0 Å². The fraction of sp³-hybridized carbons (Fsp3) is 0.276. The van der Waals surface area contributed by atoms with Crippen LogP contribution in [0.25, 0.3) is 5.76 Å². The molecule has 2 aliphatic heterocycles. The van der Waals surface area contributed by atoms with E-state index in [0.717, 1.165) is 23.3 Å². The lowest BCUT2D eigenvalue weighted by Gasteiger charge is -2.26. The molecular weight excluding hydrogens is 456 g/mol. The Bertz CT molecular complexity index is 1330. The Morgan fingerprint density at radius 2 is 1.94 bits per heavy atom. The summed E-state index contributed by atoms with van der Waals surface area (Å²) < 4.78 is 11.6. The van der Waals surface area contributed by atoms with Crippen molar-refractivity contribution in [3.05, 3.63) is 94.8 Å². The summed E-state index contributed by atoms with van der Waals surface area (Å²) in [5.74, 6) is -0.146. The number of ketones is 1. The summed E-state index contributed by atoms with van der Waals surface area (Å²) in [5.41, 5.74) is 3.03. The van der Waals surface area contributed by atoms with Gasteiger partial charge in [0.2, 0.25) is 0 Å². The zero-order valence-corrected chi connectivity index (χ0v) is 20.3. The van der Waals surface area contributed by atoms with E-state index in [2.05, 4.69) is 4.98 Å². The molecular formula is C29H28N2O5. The Morgan fingerprint density at radius 1 is 1.14 bits per heavy atom. The van der Waals surface area contributed by atoms with Gasteiger partial charge in [-0.2, -0.15) is 0 Å². The van der Waals surface area contributed by atoms with Crippen LogP contribution in [0.3, 0.4) is 0 Å². The number of Topliss-reactive ketones (excluding diaryl/α,β-unsaturated/α-hetero) is 1. The number of benzene rings is 2. The third-order valence-corrected chi connectivity index (χ3v) is 6.46. The molecule has 2 atom stereocenters. The SMILES string of the molecule is CCCOc1cccc(C2/C(=C(/O)c3ccc4c(c3)CC(C)O4)C(=O)C(=O)N2Cc2ccncc2)c1. The van der Waals surface area contributed by atoms with Crippen molar-refractivity contribution in [3.63, 3.8) is 0 Å². The Labute approximate surface area is 210 Å². The van der Waals surface area contributed by atoms with E-state index < -0.39 is 17.7 Å². The van der Waals surface area contributed by atoms with Crippen molar-refractivity contribution in [2.24, 2.45) is 0 Å². The van der Waals surface area contributed by atoms with E-state index in [4.69, 9.17) is 9.47 Å². The lowest BCUT2D eigenvalue weighted by Crippen LogP contribution is -2.29. The third-order valence-electron chi connectivity index (χ3n) is 6.46. The summed E-state index contributed by atoms with van der Waals surface area (Å²) in [6.45, 7) is 4.76. The number of aliphatic hydroxyl groups is 1. The maximum absolute atomic E-state index is 13.4. The average molecular weight is 485 g/mol. The van der Waals surface area contributed by atoms with Crippen LogP contribution < -0.4 is 9.47 Å². The quantitative estimate of drug-likeness (QED) is 0.294. The molecule has 0 saturated carbocycles. The number of aromatic nitrogens is 1. The molecule has 1 amide bonds. The van der Waals surface area contributed by atoms with Crippen molar-refractivity contribution in [2.75, 3.05) is 6.61 Å². The summed E-state index contributed by atoms with van der Waals surface area (Å²) in [6, 6.07) is 15.6. The maximum atomic E-state index is 13.4. The van der Waals surface area contributed by atoms with Gasteiger partial charge in [-0.1, -0.05) is 19.1 Å². The zero-order valence-electron chi connectivity index (χ0n) is 20.3. The molecule has 7 nitrogen and oxygen atoms in total. The molecule has 0 radical (unpaired) electrons. The molecule has 1 saturated heterocycles. The number of hydrogen-bond donors (Lipinski definition) is 1. The first-order valence-electron chi connectivity index (χ1n) is 12.2. The Hall–Kier alpha value is -4.13. The summed E-state index contributed by atoms with van der Waals surface area (Å²) >= 11 is 0. The first-order valence-corrected chi connectivity index (χ1v) is 12.2. The maximum Gasteiger partial charge on any atom is 0.295 e. The number of fused-ring (bicyclic) bond motifs is 1. The Balaban J connectivity index is 1.61. The number of nitrogens with zero attached hydrogens (tertiary/aromatic N) is 2. The van der Waals surface area contributed by atoms with Crippen molar-refractivity contribution in [3.8, 4) is 11.5 Å². The van der Waals surface area contributed by atoms with Crippen LogP contribution in [-0.4, -0.2) is 39.4 Å². The topological polar surface area (TPSA) is 89.0 Å². The van der Waals surface area contributed by atoms with Gasteiger partial charge in [-0.25, -0.2) is 0 Å². The first kappa shape index (κ1) is 23.6. The highest BCUT2D eigenvalue weighted by atomic mass is 16.5. The number of likely N-dealkylation sites (tertiary alicyclic amines) is 1. The summed E-state index contributed by atoms with van der Waals surface area (Å²) in [7, 11) is 0. The fourth-order valence-electron chi connectivity index (χ4n) is 4.79. The van der Waals surface area contributed by atoms with Crippen LogP contribution in [-0.2, 0) is 22.6 Å². The molecule has 1 aromatic heterocycles. The number of hydrogen-bond acceptors (Lipinski definition) is 6. The number of aliphatic hydroxyl groups excluding tert-OH is 1. The van der Waals surface area contributed by atoms with E-state index in [-0.39, 0.29) is 24.0 Å². The molecule has 5 rings (SSSR count). The van der Waals surface area contributed by atoms with Gasteiger partial charge in [-0.15, -0.1) is 0 Å². The van der Waals surface area contributed by atoms with E-state index >= 15 is 0 Å². The second kappa shape index (κ2) is 9.85. The van der Waals surface area contributed by atoms with Gasteiger partial charge in [0.15, 0.2) is 0 Å². The molecule has 7 heteroatoms. The second-order valence-corrected chi connectivity index (χ2v) is 9.16. The Morgan fingerprint density at radius 3 is 2.72 bits per heavy atom. The molecule has 1 fully saturated rings. The molecule has 0 aliphatic carbocycles. The number of carbonyl (C=O) groups is 2. The summed E-state index contributed by atoms with van der Waals surface area (Å²) in [6.07, 6.45) is 4.91. The normalized spacial score (nSPS) is 20.3. The van der Waals surface area contributed by atoms with E-state index in [1.54, 1.807) is 36.7 Å².